The Hall–Kier alpha value is -2.15. The van der Waals surface area contributed by atoms with Gasteiger partial charge in [0, 0.05) is 32.8 Å². The fraction of sp³-hybridized carbons (Fsp3) is 0.462. The minimum atomic E-state index is -0.246. The molecule has 7 nitrogen and oxygen atoms in total. The molecule has 0 aliphatic carbocycles. The molecular weight excluding hydrogens is 260 g/mol. The summed E-state index contributed by atoms with van der Waals surface area (Å²) in [5.41, 5.74) is 5.90. The van der Waals surface area contributed by atoms with Gasteiger partial charge in [0.2, 0.25) is 5.91 Å². The van der Waals surface area contributed by atoms with Crippen LogP contribution in [0.2, 0.25) is 0 Å². The second-order valence-electron chi connectivity index (χ2n) is 4.68. The highest BCUT2D eigenvalue weighted by molar-refractivity contribution is 5.94. The summed E-state index contributed by atoms with van der Waals surface area (Å²) in [5, 5.41) is 2.83. The quantitative estimate of drug-likeness (QED) is 0.766. The number of amides is 2. The first-order valence-corrected chi connectivity index (χ1v) is 6.39. The summed E-state index contributed by atoms with van der Waals surface area (Å²) in [7, 11) is 1.59. The van der Waals surface area contributed by atoms with Crippen LogP contribution < -0.4 is 11.1 Å². The van der Waals surface area contributed by atoms with Crippen LogP contribution in [0, 0.1) is 0 Å². The van der Waals surface area contributed by atoms with Gasteiger partial charge in [-0.25, -0.2) is 4.98 Å². The standard InChI is InChI=1S/C13H18N4O3/c1-20-5-4-17-8-10(6-12(17)18)16-13(19)9-2-3-11(14)15-7-9/h2-3,7,10H,4-6,8H2,1H3,(H2,14,15)(H,16,19)/t10-/m0/s1. The molecule has 7 heteroatoms. The maximum absolute atomic E-state index is 12.0. The molecule has 0 unspecified atom stereocenters. The lowest BCUT2D eigenvalue weighted by Crippen LogP contribution is -2.37. The Morgan fingerprint density at radius 3 is 3.05 bits per heavy atom. The molecule has 108 valence electrons. The second kappa shape index (κ2) is 6.33. The number of methoxy groups -OCH3 is 1. The number of nitrogens with two attached hydrogens (primary N) is 1. The molecule has 2 rings (SSSR count). The van der Waals surface area contributed by atoms with Crippen molar-refractivity contribution in [2.75, 3.05) is 32.5 Å². The van der Waals surface area contributed by atoms with E-state index >= 15 is 0 Å². The molecule has 1 fully saturated rings. The van der Waals surface area contributed by atoms with Gasteiger partial charge in [-0.15, -0.1) is 0 Å². The minimum absolute atomic E-state index is 0.0304. The van der Waals surface area contributed by atoms with Crippen LogP contribution in [0.4, 0.5) is 5.82 Å². The molecular formula is C13H18N4O3. The largest absolute Gasteiger partial charge is 0.384 e. The molecule has 1 aliphatic rings. The predicted molar refractivity (Wildman–Crippen MR) is 73.0 cm³/mol. The van der Waals surface area contributed by atoms with Gasteiger partial charge in [0.15, 0.2) is 0 Å². The Morgan fingerprint density at radius 2 is 2.40 bits per heavy atom. The van der Waals surface area contributed by atoms with Crippen LogP contribution in [0.5, 0.6) is 0 Å². The van der Waals surface area contributed by atoms with E-state index in [2.05, 4.69) is 10.3 Å². The van der Waals surface area contributed by atoms with Gasteiger partial charge in [0.1, 0.15) is 5.82 Å². The summed E-state index contributed by atoms with van der Waals surface area (Å²) in [6, 6.07) is 3.00. The third-order valence-corrected chi connectivity index (χ3v) is 3.16. The fourth-order valence-electron chi connectivity index (χ4n) is 2.09. The first-order chi connectivity index (χ1) is 9.60. The van der Waals surface area contributed by atoms with Crippen molar-refractivity contribution in [1.29, 1.82) is 0 Å². The summed E-state index contributed by atoms with van der Waals surface area (Å²) in [4.78, 5) is 29.3. The van der Waals surface area contributed by atoms with E-state index in [-0.39, 0.29) is 17.9 Å². The molecule has 20 heavy (non-hydrogen) atoms. The molecule has 0 aromatic carbocycles. The first kappa shape index (κ1) is 14.3. The number of hydrogen-bond acceptors (Lipinski definition) is 5. The van der Waals surface area contributed by atoms with Crippen molar-refractivity contribution in [3.8, 4) is 0 Å². The number of likely N-dealkylation sites (tertiary alicyclic amines) is 1. The van der Waals surface area contributed by atoms with Crippen LogP contribution in [0.25, 0.3) is 0 Å². The molecule has 0 spiro atoms. The van der Waals surface area contributed by atoms with Gasteiger partial charge in [0.25, 0.3) is 5.91 Å². The van der Waals surface area contributed by atoms with Crippen molar-refractivity contribution < 1.29 is 14.3 Å². The zero-order chi connectivity index (χ0) is 14.5. The summed E-state index contributed by atoms with van der Waals surface area (Å²) in [6.07, 6.45) is 1.74. The summed E-state index contributed by atoms with van der Waals surface area (Å²) in [6.45, 7) is 1.55. The van der Waals surface area contributed by atoms with Crippen LogP contribution in [0.15, 0.2) is 18.3 Å². The number of hydrogen-bond donors (Lipinski definition) is 2. The van der Waals surface area contributed by atoms with Crippen molar-refractivity contribution in [1.82, 2.24) is 15.2 Å². The lowest BCUT2D eigenvalue weighted by Gasteiger charge is -2.16. The third kappa shape index (κ3) is 3.45. The van der Waals surface area contributed by atoms with Gasteiger partial charge >= 0.3 is 0 Å². The van der Waals surface area contributed by atoms with Crippen molar-refractivity contribution in [2.45, 2.75) is 12.5 Å². The van der Waals surface area contributed by atoms with Crippen LogP contribution in [0.1, 0.15) is 16.8 Å². The first-order valence-electron chi connectivity index (χ1n) is 6.39. The highest BCUT2D eigenvalue weighted by Crippen LogP contribution is 2.11. The maximum Gasteiger partial charge on any atom is 0.253 e. The fourth-order valence-corrected chi connectivity index (χ4v) is 2.09. The van der Waals surface area contributed by atoms with Crippen LogP contribution >= 0.6 is 0 Å². The van der Waals surface area contributed by atoms with E-state index in [4.69, 9.17) is 10.5 Å². The number of aromatic nitrogens is 1. The third-order valence-electron chi connectivity index (χ3n) is 3.16. The molecule has 0 radical (unpaired) electrons. The number of pyridine rings is 1. The van der Waals surface area contributed by atoms with Gasteiger partial charge in [-0.2, -0.15) is 0 Å². The highest BCUT2D eigenvalue weighted by atomic mass is 16.5. The Morgan fingerprint density at radius 1 is 1.60 bits per heavy atom. The van der Waals surface area contributed by atoms with E-state index in [1.165, 1.54) is 6.20 Å². The van der Waals surface area contributed by atoms with Gasteiger partial charge in [-0.05, 0) is 12.1 Å². The molecule has 1 aliphatic heterocycles. The van der Waals surface area contributed by atoms with E-state index in [1.54, 1.807) is 24.1 Å². The lowest BCUT2D eigenvalue weighted by molar-refractivity contribution is -0.128. The lowest BCUT2D eigenvalue weighted by atomic mass is 10.2. The van der Waals surface area contributed by atoms with E-state index in [0.29, 0.717) is 37.5 Å². The SMILES string of the molecule is COCCN1C[C@@H](NC(=O)c2ccc(N)nc2)CC1=O. The van der Waals surface area contributed by atoms with Crippen molar-refractivity contribution in [3.05, 3.63) is 23.9 Å². The van der Waals surface area contributed by atoms with Gasteiger partial charge in [-0.3, -0.25) is 9.59 Å². The number of nitrogen functional groups attached to an aromatic ring is 1. The Bertz CT molecular complexity index is 489. The Kier molecular flexibility index (Phi) is 4.52. The number of carbonyl (C=O) groups is 2. The van der Waals surface area contributed by atoms with Gasteiger partial charge in [-0.1, -0.05) is 0 Å². The number of ether oxygens (including phenoxy) is 1. The van der Waals surface area contributed by atoms with Crippen molar-refractivity contribution in [2.24, 2.45) is 0 Å². The van der Waals surface area contributed by atoms with E-state index in [0.717, 1.165) is 0 Å². The summed E-state index contributed by atoms with van der Waals surface area (Å²) < 4.78 is 4.95. The van der Waals surface area contributed by atoms with Crippen LogP contribution in [0.3, 0.4) is 0 Å². The zero-order valence-electron chi connectivity index (χ0n) is 11.3. The monoisotopic (exact) mass is 278 g/mol. The normalized spacial score (nSPS) is 18.4. The van der Waals surface area contributed by atoms with E-state index in [1.807, 2.05) is 0 Å². The maximum atomic E-state index is 12.0. The molecule has 1 aromatic heterocycles. The molecule has 3 N–H and O–H groups in total. The number of rotatable bonds is 5. The topological polar surface area (TPSA) is 97.6 Å². The molecule has 1 aromatic rings. The second-order valence-corrected chi connectivity index (χ2v) is 4.68. The number of nitrogens with zero attached hydrogens (tertiary/aromatic N) is 2. The molecule has 2 amide bonds. The Balaban J connectivity index is 1.89. The van der Waals surface area contributed by atoms with E-state index < -0.39 is 0 Å². The Labute approximate surface area is 117 Å². The number of nitrogens with one attached hydrogen (secondary N) is 1. The average molecular weight is 278 g/mol. The molecule has 0 bridgehead atoms. The molecule has 1 atom stereocenters. The smallest absolute Gasteiger partial charge is 0.253 e. The summed E-state index contributed by atoms with van der Waals surface area (Å²) >= 11 is 0. The molecule has 0 saturated carbocycles. The predicted octanol–water partition coefficient (Wildman–Crippen LogP) is -0.359. The summed E-state index contributed by atoms with van der Waals surface area (Å²) in [5.74, 6) is 0.148. The van der Waals surface area contributed by atoms with Crippen LogP contribution in [-0.2, 0) is 9.53 Å². The highest BCUT2D eigenvalue weighted by Gasteiger charge is 2.30. The molecule has 2 heterocycles. The van der Waals surface area contributed by atoms with Crippen molar-refractivity contribution in [3.63, 3.8) is 0 Å². The zero-order valence-corrected chi connectivity index (χ0v) is 11.3. The number of anilines is 1. The van der Waals surface area contributed by atoms with Gasteiger partial charge in [0.05, 0.1) is 18.2 Å². The van der Waals surface area contributed by atoms with E-state index in [9.17, 15) is 9.59 Å². The molecule has 1 saturated heterocycles. The number of carbonyl (C=O) groups excluding carboxylic acids is 2. The minimum Gasteiger partial charge on any atom is -0.384 e. The van der Waals surface area contributed by atoms with Crippen LogP contribution in [-0.4, -0.2) is 54.5 Å². The van der Waals surface area contributed by atoms with Gasteiger partial charge < -0.3 is 20.7 Å². The average Bonchev–Trinajstić information content (AvgIpc) is 2.77. The van der Waals surface area contributed by atoms with Crippen molar-refractivity contribution >= 4 is 17.6 Å².